The number of anilines is 1. The first-order valence-electron chi connectivity index (χ1n) is 7.83. The SMILES string of the molecule is NC(=O)c1ccc(-c2ccnc(NCCc3ccc(F)cc3)n2)cc1. The topological polar surface area (TPSA) is 80.9 Å². The predicted octanol–water partition coefficient (Wildman–Crippen LogP) is 3.04. The molecule has 1 amide bonds. The van der Waals surface area contributed by atoms with Crippen molar-refractivity contribution < 1.29 is 9.18 Å². The lowest BCUT2D eigenvalue weighted by Gasteiger charge is -2.07. The van der Waals surface area contributed by atoms with Crippen molar-refractivity contribution in [2.24, 2.45) is 5.73 Å². The maximum atomic E-state index is 12.9. The van der Waals surface area contributed by atoms with Crippen LogP contribution < -0.4 is 11.1 Å². The number of aromatic nitrogens is 2. The molecule has 0 saturated carbocycles. The number of primary amides is 1. The number of nitrogens with zero attached hydrogens (tertiary/aromatic N) is 2. The minimum absolute atomic E-state index is 0.241. The number of hydrogen-bond acceptors (Lipinski definition) is 4. The fourth-order valence-corrected chi connectivity index (χ4v) is 2.38. The molecule has 0 bridgehead atoms. The lowest BCUT2D eigenvalue weighted by Crippen LogP contribution is -2.10. The Labute approximate surface area is 144 Å². The molecule has 0 atom stereocenters. The van der Waals surface area contributed by atoms with Gasteiger partial charge in [0.2, 0.25) is 11.9 Å². The number of nitrogens with two attached hydrogens (primary N) is 1. The van der Waals surface area contributed by atoms with E-state index in [0.29, 0.717) is 18.1 Å². The number of nitrogens with one attached hydrogen (secondary N) is 1. The van der Waals surface area contributed by atoms with E-state index >= 15 is 0 Å². The summed E-state index contributed by atoms with van der Waals surface area (Å²) in [5, 5.41) is 3.16. The van der Waals surface area contributed by atoms with Gasteiger partial charge in [0.1, 0.15) is 5.82 Å². The average molecular weight is 336 g/mol. The molecule has 2 aromatic carbocycles. The van der Waals surface area contributed by atoms with Gasteiger partial charge in [-0.05, 0) is 42.3 Å². The van der Waals surface area contributed by atoms with Crippen LogP contribution >= 0.6 is 0 Å². The molecule has 0 fully saturated rings. The van der Waals surface area contributed by atoms with Crippen molar-refractivity contribution in [1.29, 1.82) is 0 Å². The summed E-state index contributed by atoms with van der Waals surface area (Å²) in [6.07, 6.45) is 2.41. The molecule has 3 aromatic rings. The summed E-state index contributed by atoms with van der Waals surface area (Å²) in [6.45, 7) is 0.635. The Hall–Kier alpha value is -3.28. The maximum absolute atomic E-state index is 12.9. The number of benzene rings is 2. The van der Waals surface area contributed by atoms with Crippen LogP contribution in [0.25, 0.3) is 11.3 Å². The zero-order chi connectivity index (χ0) is 17.6. The highest BCUT2D eigenvalue weighted by Gasteiger charge is 2.04. The first-order valence-corrected chi connectivity index (χ1v) is 7.83. The third-order valence-corrected chi connectivity index (χ3v) is 3.73. The zero-order valence-corrected chi connectivity index (χ0v) is 13.4. The number of amides is 1. The molecule has 6 heteroatoms. The molecular formula is C19H17FN4O. The van der Waals surface area contributed by atoms with Gasteiger partial charge in [0.25, 0.3) is 0 Å². The predicted molar refractivity (Wildman–Crippen MR) is 94.6 cm³/mol. The van der Waals surface area contributed by atoms with Crippen LogP contribution in [0.2, 0.25) is 0 Å². The van der Waals surface area contributed by atoms with Crippen LogP contribution in [0, 0.1) is 5.82 Å². The van der Waals surface area contributed by atoms with E-state index in [-0.39, 0.29) is 5.82 Å². The zero-order valence-electron chi connectivity index (χ0n) is 13.4. The molecule has 0 saturated heterocycles. The molecule has 0 unspecified atom stereocenters. The summed E-state index contributed by atoms with van der Waals surface area (Å²) in [5.41, 5.74) is 8.35. The Balaban J connectivity index is 1.64. The van der Waals surface area contributed by atoms with Gasteiger partial charge in [-0.2, -0.15) is 0 Å². The fourth-order valence-electron chi connectivity index (χ4n) is 2.38. The summed E-state index contributed by atoms with van der Waals surface area (Å²) in [6, 6.07) is 15.1. The number of halogens is 1. The summed E-state index contributed by atoms with van der Waals surface area (Å²) in [5.74, 6) is -0.189. The van der Waals surface area contributed by atoms with Crippen molar-refractivity contribution in [2.75, 3.05) is 11.9 Å². The van der Waals surface area contributed by atoms with Gasteiger partial charge >= 0.3 is 0 Å². The highest BCUT2D eigenvalue weighted by molar-refractivity contribution is 5.93. The molecule has 1 aromatic heterocycles. The quantitative estimate of drug-likeness (QED) is 0.725. The van der Waals surface area contributed by atoms with Crippen LogP contribution in [0.4, 0.5) is 10.3 Å². The monoisotopic (exact) mass is 336 g/mol. The van der Waals surface area contributed by atoms with E-state index in [9.17, 15) is 9.18 Å². The lowest BCUT2D eigenvalue weighted by molar-refractivity contribution is 0.100. The van der Waals surface area contributed by atoms with Crippen molar-refractivity contribution in [2.45, 2.75) is 6.42 Å². The van der Waals surface area contributed by atoms with Crippen LogP contribution in [-0.2, 0) is 6.42 Å². The minimum Gasteiger partial charge on any atom is -0.366 e. The molecule has 0 radical (unpaired) electrons. The van der Waals surface area contributed by atoms with Gasteiger partial charge in [-0.15, -0.1) is 0 Å². The van der Waals surface area contributed by atoms with Crippen molar-refractivity contribution in [1.82, 2.24) is 9.97 Å². The molecule has 3 N–H and O–H groups in total. The first-order chi connectivity index (χ1) is 12.1. The van der Waals surface area contributed by atoms with Gasteiger partial charge in [-0.25, -0.2) is 14.4 Å². The molecule has 3 rings (SSSR count). The van der Waals surface area contributed by atoms with Gasteiger partial charge < -0.3 is 11.1 Å². The Morgan fingerprint density at radius 2 is 1.76 bits per heavy atom. The smallest absolute Gasteiger partial charge is 0.248 e. The van der Waals surface area contributed by atoms with Crippen LogP contribution in [-0.4, -0.2) is 22.4 Å². The van der Waals surface area contributed by atoms with Gasteiger partial charge in [0, 0.05) is 23.9 Å². The molecule has 0 aliphatic rings. The Morgan fingerprint density at radius 3 is 2.44 bits per heavy atom. The average Bonchev–Trinajstić information content (AvgIpc) is 2.64. The van der Waals surface area contributed by atoms with Gasteiger partial charge in [-0.1, -0.05) is 24.3 Å². The summed E-state index contributed by atoms with van der Waals surface area (Å²) < 4.78 is 12.9. The standard InChI is InChI=1S/C19H17FN4O/c20-16-7-1-13(2-8-16)9-11-22-19-23-12-10-17(24-19)14-3-5-15(6-4-14)18(21)25/h1-8,10,12H,9,11H2,(H2,21,25)(H,22,23,24). The van der Waals surface area contributed by atoms with Crippen molar-refractivity contribution in [3.63, 3.8) is 0 Å². The van der Waals surface area contributed by atoms with Crippen LogP contribution in [0.15, 0.2) is 60.8 Å². The second kappa shape index (κ2) is 7.53. The Kier molecular flexibility index (Phi) is 4.99. The minimum atomic E-state index is -0.461. The van der Waals surface area contributed by atoms with E-state index < -0.39 is 5.91 Å². The summed E-state index contributed by atoms with van der Waals surface area (Å²) in [4.78, 5) is 19.8. The molecule has 0 aliphatic carbocycles. The molecule has 1 heterocycles. The summed E-state index contributed by atoms with van der Waals surface area (Å²) in [7, 11) is 0. The van der Waals surface area contributed by atoms with Crippen molar-refractivity contribution in [3.05, 3.63) is 77.7 Å². The van der Waals surface area contributed by atoms with Crippen LogP contribution in [0.1, 0.15) is 15.9 Å². The van der Waals surface area contributed by atoms with Crippen LogP contribution in [0.5, 0.6) is 0 Å². The lowest BCUT2D eigenvalue weighted by atomic mass is 10.1. The third kappa shape index (κ3) is 4.38. The molecule has 126 valence electrons. The molecule has 5 nitrogen and oxygen atoms in total. The highest BCUT2D eigenvalue weighted by atomic mass is 19.1. The highest BCUT2D eigenvalue weighted by Crippen LogP contribution is 2.18. The summed E-state index contributed by atoms with van der Waals surface area (Å²) >= 11 is 0. The Morgan fingerprint density at radius 1 is 1.04 bits per heavy atom. The number of carbonyl (C=O) groups excluding carboxylic acids is 1. The fraction of sp³-hybridized carbons (Fsp3) is 0.105. The van der Waals surface area contributed by atoms with E-state index in [2.05, 4.69) is 15.3 Å². The second-order valence-corrected chi connectivity index (χ2v) is 5.51. The van der Waals surface area contributed by atoms with E-state index in [0.717, 1.165) is 23.2 Å². The molecule has 0 spiro atoms. The number of rotatable bonds is 6. The first kappa shape index (κ1) is 16.6. The van der Waals surface area contributed by atoms with Crippen molar-refractivity contribution >= 4 is 11.9 Å². The number of hydrogen-bond donors (Lipinski definition) is 2. The largest absolute Gasteiger partial charge is 0.366 e. The van der Waals surface area contributed by atoms with E-state index in [4.69, 9.17) is 5.73 Å². The van der Waals surface area contributed by atoms with Gasteiger partial charge in [-0.3, -0.25) is 4.79 Å². The second-order valence-electron chi connectivity index (χ2n) is 5.51. The maximum Gasteiger partial charge on any atom is 0.248 e. The van der Waals surface area contributed by atoms with Crippen molar-refractivity contribution in [3.8, 4) is 11.3 Å². The van der Waals surface area contributed by atoms with E-state index in [1.54, 1.807) is 48.7 Å². The van der Waals surface area contributed by atoms with Crippen LogP contribution in [0.3, 0.4) is 0 Å². The van der Waals surface area contributed by atoms with E-state index in [1.165, 1.54) is 12.1 Å². The third-order valence-electron chi connectivity index (χ3n) is 3.73. The van der Waals surface area contributed by atoms with Gasteiger partial charge in [0.15, 0.2) is 0 Å². The Bertz CT molecular complexity index is 863. The molecular weight excluding hydrogens is 319 g/mol. The van der Waals surface area contributed by atoms with E-state index in [1.807, 2.05) is 0 Å². The normalized spacial score (nSPS) is 10.4. The molecule has 0 aliphatic heterocycles. The van der Waals surface area contributed by atoms with Gasteiger partial charge in [0.05, 0.1) is 5.69 Å². The molecule has 25 heavy (non-hydrogen) atoms. The number of carbonyl (C=O) groups is 1.